The topological polar surface area (TPSA) is 89.3 Å². The number of anilines is 1. The van der Waals surface area contributed by atoms with Gasteiger partial charge >= 0.3 is 0 Å². The average molecular weight is 351 g/mol. The van der Waals surface area contributed by atoms with Gasteiger partial charge in [-0.15, -0.1) is 5.10 Å². The first-order valence-corrected chi connectivity index (χ1v) is 8.21. The van der Waals surface area contributed by atoms with Gasteiger partial charge in [0.15, 0.2) is 5.65 Å². The molecule has 0 atom stereocenters. The summed E-state index contributed by atoms with van der Waals surface area (Å²) in [7, 11) is 0. The van der Waals surface area contributed by atoms with Crippen LogP contribution in [-0.2, 0) is 0 Å². The zero-order valence-corrected chi connectivity index (χ0v) is 13.5. The molecule has 0 aliphatic rings. The van der Waals surface area contributed by atoms with Crippen molar-refractivity contribution in [3.05, 3.63) is 48.3 Å². The van der Waals surface area contributed by atoms with Crippen LogP contribution in [0.1, 0.15) is 0 Å². The molecule has 0 bridgehead atoms. The summed E-state index contributed by atoms with van der Waals surface area (Å²) in [6.07, 6.45) is 0. The number of phenols is 1. The van der Waals surface area contributed by atoms with E-state index in [1.54, 1.807) is 16.6 Å². The molecule has 5 aromatic rings. The van der Waals surface area contributed by atoms with Crippen LogP contribution < -0.4 is 5.73 Å². The van der Waals surface area contributed by atoms with Gasteiger partial charge in [-0.3, -0.25) is 0 Å². The summed E-state index contributed by atoms with van der Waals surface area (Å²) in [5.74, 6) is -0.426. The number of aromatic nitrogens is 4. The van der Waals surface area contributed by atoms with Crippen LogP contribution in [0.4, 0.5) is 10.3 Å². The van der Waals surface area contributed by atoms with Crippen LogP contribution in [0.3, 0.4) is 0 Å². The second-order valence-electron chi connectivity index (χ2n) is 5.64. The van der Waals surface area contributed by atoms with E-state index in [-0.39, 0.29) is 11.7 Å². The third-order valence-electron chi connectivity index (χ3n) is 4.14. The fraction of sp³-hybridized carbons (Fsp3) is 0. The van der Waals surface area contributed by atoms with Crippen LogP contribution in [0.5, 0.6) is 5.75 Å². The first kappa shape index (κ1) is 14.1. The number of phenolic OH excluding ortho intramolecular Hbond substituents is 1. The van der Waals surface area contributed by atoms with Crippen molar-refractivity contribution >= 4 is 44.2 Å². The van der Waals surface area contributed by atoms with E-state index in [0.717, 1.165) is 21.7 Å². The van der Waals surface area contributed by atoms with E-state index in [4.69, 9.17) is 5.73 Å². The summed E-state index contributed by atoms with van der Waals surface area (Å²) in [6, 6.07) is 11.5. The number of fused-ring (bicyclic) bond motifs is 2. The van der Waals surface area contributed by atoms with Gasteiger partial charge in [0.2, 0.25) is 5.95 Å². The third-order valence-corrected chi connectivity index (χ3v) is 4.95. The van der Waals surface area contributed by atoms with E-state index in [2.05, 4.69) is 14.5 Å². The van der Waals surface area contributed by atoms with Crippen molar-refractivity contribution < 1.29 is 9.50 Å². The lowest BCUT2D eigenvalue weighted by Crippen LogP contribution is -1.91. The van der Waals surface area contributed by atoms with Crippen molar-refractivity contribution in [1.29, 1.82) is 0 Å². The number of hydrogen-bond donors (Lipinski definition) is 2. The number of nitrogens with zero attached hydrogens (tertiary/aromatic N) is 4. The van der Waals surface area contributed by atoms with E-state index < -0.39 is 5.82 Å². The van der Waals surface area contributed by atoms with Gasteiger partial charge in [-0.1, -0.05) is 0 Å². The van der Waals surface area contributed by atoms with Gasteiger partial charge in [0.25, 0.3) is 0 Å². The number of benzene rings is 2. The molecule has 0 fully saturated rings. The second-order valence-corrected chi connectivity index (χ2v) is 6.45. The molecule has 0 amide bonds. The van der Waals surface area contributed by atoms with Gasteiger partial charge < -0.3 is 10.8 Å². The van der Waals surface area contributed by atoms with Crippen LogP contribution in [0.15, 0.2) is 42.5 Å². The number of nitrogens with two attached hydrogens (primary N) is 1. The minimum absolute atomic E-state index is 0.114. The number of nitrogen functional groups attached to an aromatic ring is 1. The predicted octanol–water partition coefficient (Wildman–Crippen LogP) is 3.59. The highest BCUT2D eigenvalue weighted by Gasteiger charge is 2.16. The number of aromatic hydroxyl groups is 1. The highest BCUT2D eigenvalue weighted by atomic mass is 32.1. The molecule has 5 rings (SSSR count). The Labute approximate surface area is 144 Å². The van der Waals surface area contributed by atoms with Crippen LogP contribution in [0, 0.1) is 5.82 Å². The molecule has 3 heterocycles. The third kappa shape index (κ3) is 1.97. The largest absolute Gasteiger partial charge is 0.508 e. The van der Waals surface area contributed by atoms with Crippen molar-refractivity contribution in [2.24, 2.45) is 0 Å². The zero-order chi connectivity index (χ0) is 17.1. The maximum atomic E-state index is 14.3. The van der Waals surface area contributed by atoms with Gasteiger partial charge in [-0.05, 0) is 47.9 Å². The smallest absolute Gasteiger partial charge is 0.240 e. The highest BCUT2D eigenvalue weighted by Crippen LogP contribution is 2.37. The predicted molar refractivity (Wildman–Crippen MR) is 95.1 cm³/mol. The quantitative estimate of drug-likeness (QED) is 0.482. The Morgan fingerprint density at radius 3 is 2.76 bits per heavy atom. The fourth-order valence-corrected chi connectivity index (χ4v) is 3.87. The first-order valence-electron chi connectivity index (χ1n) is 7.44. The Morgan fingerprint density at radius 1 is 1.08 bits per heavy atom. The van der Waals surface area contributed by atoms with Crippen molar-refractivity contribution in [1.82, 2.24) is 19.0 Å². The van der Waals surface area contributed by atoms with Crippen LogP contribution in [0.2, 0.25) is 0 Å². The summed E-state index contributed by atoms with van der Waals surface area (Å²) in [5.41, 5.74) is 8.86. The molecule has 0 aliphatic heterocycles. The molecule has 122 valence electrons. The summed E-state index contributed by atoms with van der Waals surface area (Å²) in [5, 5.41) is 14.6. The standard InChI is InChI=1S/C17H10FN5OS/c18-11-7-8(24)1-2-9(11)10-3-4-12-15-13(25-22-16(10)15)5-6-14-20-17(19)21-23(12)14/h1-7,24H,(H2,19,21). The molecule has 3 aromatic heterocycles. The molecule has 8 heteroatoms. The summed E-state index contributed by atoms with van der Waals surface area (Å²) in [4.78, 5) is 4.20. The molecular weight excluding hydrogens is 341 g/mol. The lowest BCUT2D eigenvalue weighted by atomic mass is 10.0. The zero-order valence-electron chi connectivity index (χ0n) is 12.6. The van der Waals surface area contributed by atoms with Crippen molar-refractivity contribution in [2.75, 3.05) is 5.73 Å². The van der Waals surface area contributed by atoms with Crippen molar-refractivity contribution in [3.63, 3.8) is 0 Å². The Morgan fingerprint density at radius 2 is 1.92 bits per heavy atom. The molecule has 0 aliphatic carbocycles. The Balaban J connectivity index is 1.94. The molecular formula is C17H10FN5OS. The Hall–Kier alpha value is -3.26. The van der Waals surface area contributed by atoms with Crippen molar-refractivity contribution in [2.45, 2.75) is 0 Å². The molecule has 2 aromatic carbocycles. The molecule has 6 nitrogen and oxygen atoms in total. The highest BCUT2D eigenvalue weighted by molar-refractivity contribution is 7.14. The maximum absolute atomic E-state index is 14.3. The molecule has 0 spiro atoms. The Bertz CT molecular complexity index is 1290. The number of halogens is 1. The summed E-state index contributed by atoms with van der Waals surface area (Å²) < 4.78 is 21.5. The first-order chi connectivity index (χ1) is 12.1. The van der Waals surface area contributed by atoms with Crippen LogP contribution >= 0.6 is 11.5 Å². The second kappa shape index (κ2) is 4.87. The fourth-order valence-electron chi connectivity index (χ4n) is 3.06. The van der Waals surface area contributed by atoms with E-state index >= 15 is 0 Å². The maximum Gasteiger partial charge on any atom is 0.240 e. The van der Waals surface area contributed by atoms with Gasteiger partial charge in [0.05, 0.1) is 15.7 Å². The van der Waals surface area contributed by atoms with Crippen LogP contribution in [0.25, 0.3) is 37.9 Å². The lowest BCUT2D eigenvalue weighted by molar-refractivity contribution is 0.469. The van der Waals surface area contributed by atoms with E-state index in [1.165, 1.54) is 17.6 Å². The van der Waals surface area contributed by atoms with Crippen LogP contribution in [-0.4, -0.2) is 24.1 Å². The molecule has 0 saturated heterocycles. The van der Waals surface area contributed by atoms with Gasteiger partial charge in [-0.2, -0.15) is 9.36 Å². The summed E-state index contributed by atoms with van der Waals surface area (Å²) >= 11 is 1.33. The molecule has 0 saturated carbocycles. The lowest BCUT2D eigenvalue weighted by Gasteiger charge is -2.06. The Kier molecular flexibility index (Phi) is 2.75. The van der Waals surface area contributed by atoms with E-state index in [1.807, 2.05) is 18.2 Å². The number of hydrogen-bond acceptors (Lipinski definition) is 6. The minimum Gasteiger partial charge on any atom is -0.508 e. The van der Waals surface area contributed by atoms with Gasteiger partial charge in [-0.25, -0.2) is 8.91 Å². The number of rotatable bonds is 1. The van der Waals surface area contributed by atoms with E-state index in [0.29, 0.717) is 22.3 Å². The van der Waals surface area contributed by atoms with Gasteiger partial charge in [0, 0.05) is 22.6 Å². The minimum atomic E-state index is -0.500. The molecule has 3 N–H and O–H groups in total. The SMILES string of the molecule is Nc1nc2ccc3snc4c(-c5ccc(O)cc5F)ccc(c34)n2n1. The normalized spacial score (nSPS) is 11.7. The van der Waals surface area contributed by atoms with Gasteiger partial charge in [0.1, 0.15) is 11.6 Å². The molecule has 25 heavy (non-hydrogen) atoms. The molecule has 0 unspecified atom stereocenters. The van der Waals surface area contributed by atoms with E-state index in [9.17, 15) is 9.50 Å². The van der Waals surface area contributed by atoms with Crippen molar-refractivity contribution in [3.8, 4) is 16.9 Å². The average Bonchev–Trinajstić information content (AvgIpc) is 3.13. The molecule has 0 radical (unpaired) electrons. The summed E-state index contributed by atoms with van der Waals surface area (Å²) in [6.45, 7) is 0. The monoisotopic (exact) mass is 351 g/mol.